The summed E-state index contributed by atoms with van der Waals surface area (Å²) in [4.78, 5) is 14.0. The Kier molecular flexibility index (Phi) is 5.12. The average Bonchev–Trinajstić information content (AvgIpc) is 2.97. The number of hydrogen-bond acceptors (Lipinski definition) is 3. The molecule has 5 heteroatoms. The van der Waals surface area contributed by atoms with Crippen molar-refractivity contribution in [1.29, 1.82) is 0 Å². The van der Waals surface area contributed by atoms with E-state index in [-0.39, 0.29) is 5.91 Å². The third kappa shape index (κ3) is 3.36. The van der Waals surface area contributed by atoms with E-state index >= 15 is 0 Å². The van der Waals surface area contributed by atoms with Crippen LogP contribution in [0.15, 0.2) is 37.6 Å². The summed E-state index contributed by atoms with van der Waals surface area (Å²) >= 11 is 0. The van der Waals surface area contributed by atoms with Gasteiger partial charge in [-0.3, -0.25) is 9.48 Å². The zero-order chi connectivity index (χ0) is 14.4. The summed E-state index contributed by atoms with van der Waals surface area (Å²) in [6.45, 7) is 10.3. The molecule has 1 saturated heterocycles. The molecule has 1 aliphatic rings. The highest BCUT2D eigenvalue weighted by atomic mass is 16.2. The van der Waals surface area contributed by atoms with E-state index in [0.29, 0.717) is 24.8 Å². The normalized spacial score (nSPS) is 18.5. The van der Waals surface area contributed by atoms with E-state index in [1.165, 1.54) is 0 Å². The number of carbonyl (C=O) groups is 1. The molecule has 0 bridgehead atoms. The summed E-state index contributed by atoms with van der Waals surface area (Å²) in [5, 5.41) is 7.79. The number of carbonyl (C=O) groups excluding carboxylic acids is 1. The number of hydrogen-bond donors (Lipinski definition) is 1. The van der Waals surface area contributed by atoms with Gasteiger partial charge in [-0.15, -0.1) is 13.2 Å². The molecule has 20 heavy (non-hydrogen) atoms. The molecule has 0 aliphatic carbocycles. The van der Waals surface area contributed by atoms with E-state index in [4.69, 9.17) is 0 Å². The van der Waals surface area contributed by atoms with Crippen LogP contribution in [0.3, 0.4) is 0 Å². The van der Waals surface area contributed by atoms with Crippen molar-refractivity contribution in [2.24, 2.45) is 0 Å². The Morgan fingerprint density at radius 2 is 2.25 bits per heavy atom. The molecule has 0 radical (unpaired) electrons. The van der Waals surface area contributed by atoms with Crippen LogP contribution in [0.5, 0.6) is 0 Å². The molecule has 1 fully saturated rings. The predicted octanol–water partition coefficient (Wildman–Crippen LogP) is 1.62. The van der Waals surface area contributed by atoms with E-state index in [2.05, 4.69) is 23.6 Å². The topological polar surface area (TPSA) is 50.2 Å². The van der Waals surface area contributed by atoms with E-state index in [9.17, 15) is 4.79 Å². The first-order valence-electron chi connectivity index (χ1n) is 7.03. The molecular formula is C15H22N4O. The van der Waals surface area contributed by atoms with E-state index < -0.39 is 0 Å². The van der Waals surface area contributed by atoms with Crippen molar-refractivity contribution in [2.75, 3.05) is 26.2 Å². The maximum Gasteiger partial charge on any atom is 0.274 e. The van der Waals surface area contributed by atoms with E-state index in [1.807, 2.05) is 10.9 Å². The summed E-state index contributed by atoms with van der Waals surface area (Å²) in [5.41, 5.74) is 0.485. The fraction of sp³-hybridized carbons (Fsp3) is 0.467. The third-order valence-electron chi connectivity index (χ3n) is 3.46. The first kappa shape index (κ1) is 14.5. The lowest BCUT2D eigenvalue weighted by Crippen LogP contribution is -2.33. The van der Waals surface area contributed by atoms with Gasteiger partial charge < -0.3 is 10.2 Å². The van der Waals surface area contributed by atoms with Crippen LogP contribution < -0.4 is 5.32 Å². The van der Waals surface area contributed by atoms with Crippen molar-refractivity contribution in [3.63, 3.8) is 0 Å². The van der Waals surface area contributed by atoms with Crippen molar-refractivity contribution in [1.82, 2.24) is 20.0 Å². The Morgan fingerprint density at radius 1 is 1.50 bits per heavy atom. The molecule has 1 aromatic rings. The second-order valence-electron chi connectivity index (χ2n) is 4.97. The largest absolute Gasteiger partial charge is 0.330 e. The summed E-state index contributed by atoms with van der Waals surface area (Å²) in [6, 6.07) is 2.13. The Balaban J connectivity index is 2.07. The van der Waals surface area contributed by atoms with Gasteiger partial charge in [0.15, 0.2) is 0 Å². The van der Waals surface area contributed by atoms with Crippen LogP contribution in [0.2, 0.25) is 0 Å². The molecule has 1 amide bonds. The summed E-state index contributed by atoms with van der Waals surface area (Å²) < 4.78 is 1.90. The molecule has 2 heterocycles. The summed E-state index contributed by atoms with van der Waals surface area (Å²) in [7, 11) is 0. The van der Waals surface area contributed by atoms with Crippen molar-refractivity contribution in [3.05, 3.63) is 43.3 Å². The third-order valence-corrected chi connectivity index (χ3v) is 3.46. The zero-order valence-electron chi connectivity index (χ0n) is 11.8. The summed E-state index contributed by atoms with van der Waals surface area (Å²) in [5.74, 6) is -0.0766. The van der Waals surface area contributed by atoms with Gasteiger partial charge in [-0.2, -0.15) is 5.10 Å². The van der Waals surface area contributed by atoms with Crippen LogP contribution in [0.25, 0.3) is 0 Å². The lowest BCUT2D eigenvalue weighted by atomic mass is 10.1. The summed E-state index contributed by atoms with van der Waals surface area (Å²) in [6.07, 6.45) is 7.57. The standard InChI is InChI=1S/C15H22N4O/c1-3-9-18(10-4-2)15(20)14-7-11-19(17-14)13-6-5-8-16-12-13/h3-4,7,11,13,16H,1-2,5-6,8-10,12H2. The maximum absolute atomic E-state index is 12.4. The molecule has 0 aromatic carbocycles. The average molecular weight is 274 g/mol. The van der Waals surface area contributed by atoms with E-state index in [0.717, 1.165) is 25.9 Å². The van der Waals surface area contributed by atoms with Crippen molar-refractivity contribution >= 4 is 5.91 Å². The van der Waals surface area contributed by atoms with Crippen LogP contribution in [0.1, 0.15) is 29.4 Å². The Morgan fingerprint density at radius 3 is 2.85 bits per heavy atom. The molecule has 2 rings (SSSR count). The zero-order valence-corrected chi connectivity index (χ0v) is 11.8. The number of amides is 1. The molecule has 1 atom stereocenters. The highest BCUT2D eigenvalue weighted by Gasteiger charge is 2.20. The first-order valence-corrected chi connectivity index (χ1v) is 7.03. The lowest BCUT2D eigenvalue weighted by molar-refractivity contribution is 0.0783. The van der Waals surface area contributed by atoms with Gasteiger partial charge in [-0.25, -0.2) is 0 Å². The molecule has 1 N–H and O–H groups in total. The van der Waals surface area contributed by atoms with Crippen LogP contribution in [0.4, 0.5) is 0 Å². The minimum absolute atomic E-state index is 0.0766. The van der Waals surface area contributed by atoms with Gasteiger partial charge in [0, 0.05) is 25.8 Å². The number of aromatic nitrogens is 2. The molecular weight excluding hydrogens is 252 g/mol. The van der Waals surface area contributed by atoms with Gasteiger partial charge >= 0.3 is 0 Å². The van der Waals surface area contributed by atoms with Crippen LogP contribution in [-0.4, -0.2) is 46.8 Å². The van der Waals surface area contributed by atoms with E-state index in [1.54, 1.807) is 23.1 Å². The molecule has 0 spiro atoms. The van der Waals surface area contributed by atoms with Crippen molar-refractivity contribution < 1.29 is 4.79 Å². The van der Waals surface area contributed by atoms with Gasteiger partial charge in [0.05, 0.1) is 6.04 Å². The molecule has 0 saturated carbocycles. The SMILES string of the molecule is C=CCN(CC=C)C(=O)c1ccn(C2CCCNC2)n1. The molecule has 1 aliphatic heterocycles. The van der Waals surface area contributed by atoms with Crippen molar-refractivity contribution in [2.45, 2.75) is 18.9 Å². The Bertz CT molecular complexity index is 464. The van der Waals surface area contributed by atoms with Gasteiger partial charge in [-0.05, 0) is 25.5 Å². The van der Waals surface area contributed by atoms with Gasteiger partial charge in [0.25, 0.3) is 5.91 Å². The minimum atomic E-state index is -0.0766. The second kappa shape index (κ2) is 7.05. The van der Waals surface area contributed by atoms with Gasteiger partial charge in [0.1, 0.15) is 5.69 Å². The van der Waals surface area contributed by atoms with Crippen molar-refractivity contribution in [3.8, 4) is 0 Å². The highest BCUT2D eigenvalue weighted by Crippen LogP contribution is 2.16. The number of piperidine rings is 1. The Labute approximate surface area is 120 Å². The highest BCUT2D eigenvalue weighted by molar-refractivity contribution is 5.92. The molecule has 1 aromatic heterocycles. The lowest BCUT2D eigenvalue weighted by Gasteiger charge is -2.23. The Hall–Kier alpha value is -1.88. The fourth-order valence-electron chi connectivity index (χ4n) is 2.43. The predicted molar refractivity (Wildman–Crippen MR) is 79.7 cm³/mol. The smallest absolute Gasteiger partial charge is 0.274 e. The van der Waals surface area contributed by atoms with Crippen LogP contribution in [0, 0.1) is 0 Å². The van der Waals surface area contributed by atoms with Gasteiger partial charge in [-0.1, -0.05) is 12.2 Å². The van der Waals surface area contributed by atoms with Crippen LogP contribution in [-0.2, 0) is 0 Å². The second-order valence-corrected chi connectivity index (χ2v) is 4.97. The number of rotatable bonds is 6. The number of nitrogens with zero attached hydrogens (tertiary/aromatic N) is 3. The molecule has 1 unspecified atom stereocenters. The van der Waals surface area contributed by atoms with Crippen LogP contribution >= 0.6 is 0 Å². The minimum Gasteiger partial charge on any atom is -0.330 e. The maximum atomic E-state index is 12.4. The monoisotopic (exact) mass is 274 g/mol. The number of nitrogens with one attached hydrogen (secondary N) is 1. The molecule has 5 nitrogen and oxygen atoms in total. The van der Waals surface area contributed by atoms with Gasteiger partial charge in [0.2, 0.25) is 0 Å². The molecule has 108 valence electrons. The fourth-order valence-corrected chi connectivity index (χ4v) is 2.43. The quantitative estimate of drug-likeness (QED) is 0.802. The first-order chi connectivity index (χ1) is 9.76.